The Morgan fingerprint density at radius 1 is 1.12 bits per heavy atom. The van der Waals surface area contributed by atoms with Crippen LogP contribution in [0.3, 0.4) is 0 Å². The van der Waals surface area contributed by atoms with Crippen molar-refractivity contribution in [3.05, 3.63) is 23.3 Å². The van der Waals surface area contributed by atoms with Gasteiger partial charge in [0.25, 0.3) is 0 Å². The predicted octanol–water partition coefficient (Wildman–Crippen LogP) is 5.87. The molecule has 25 heavy (non-hydrogen) atoms. The zero-order chi connectivity index (χ0) is 18.0. The summed E-state index contributed by atoms with van der Waals surface area (Å²) in [5.41, 5.74) is 2.73. The van der Waals surface area contributed by atoms with Crippen molar-refractivity contribution < 1.29 is 5.11 Å². The van der Waals surface area contributed by atoms with Crippen molar-refractivity contribution in [2.75, 3.05) is 5.75 Å². The third-order valence-corrected chi connectivity index (χ3v) is 9.11. The number of nitrogens with zero attached hydrogens (tertiary/aromatic N) is 1. The van der Waals surface area contributed by atoms with Gasteiger partial charge in [0.1, 0.15) is 5.75 Å². The van der Waals surface area contributed by atoms with Crippen LogP contribution in [-0.2, 0) is 5.41 Å². The van der Waals surface area contributed by atoms with Gasteiger partial charge in [0, 0.05) is 10.6 Å². The lowest BCUT2D eigenvalue weighted by Crippen LogP contribution is -2.58. The summed E-state index contributed by atoms with van der Waals surface area (Å²) in [5, 5.41) is 19.8. The van der Waals surface area contributed by atoms with Gasteiger partial charge in [0.2, 0.25) is 0 Å². The van der Waals surface area contributed by atoms with Gasteiger partial charge >= 0.3 is 0 Å². The molecule has 0 spiro atoms. The molecule has 0 amide bonds. The van der Waals surface area contributed by atoms with Gasteiger partial charge < -0.3 is 5.11 Å². The minimum absolute atomic E-state index is 0.0536. The Labute approximate surface area is 156 Å². The number of phenolic OH excluding ortho intramolecular Hbond substituents is 1. The molecular weight excluding hydrogens is 326 g/mol. The van der Waals surface area contributed by atoms with Crippen LogP contribution in [0, 0.1) is 34.0 Å². The molecule has 2 saturated carbocycles. The number of nitriles is 1. The van der Waals surface area contributed by atoms with Gasteiger partial charge in [-0.25, -0.2) is 0 Å². The van der Waals surface area contributed by atoms with Crippen molar-refractivity contribution in [1.82, 2.24) is 0 Å². The maximum absolute atomic E-state index is 10.0. The maximum Gasteiger partial charge on any atom is 0.118 e. The fraction of sp³-hybridized carbons (Fsp3) is 0.682. The largest absolute Gasteiger partial charge is 0.508 e. The van der Waals surface area contributed by atoms with Crippen molar-refractivity contribution in [1.29, 1.82) is 5.26 Å². The SMILES string of the molecule is CC1(C)CCC[C@]2(C)[C@H]3CSc4cc(O)cc(C#N)c4[C@]3(C)CC[C@@H]12. The monoisotopic (exact) mass is 355 g/mol. The molecule has 2 nitrogen and oxygen atoms in total. The molecule has 1 aliphatic heterocycles. The fourth-order valence-corrected chi connectivity index (χ4v) is 8.67. The highest BCUT2D eigenvalue weighted by Gasteiger charge is 2.60. The second-order valence-corrected chi connectivity index (χ2v) is 10.8. The zero-order valence-electron chi connectivity index (χ0n) is 15.9. The van der Waals surface area contributed by atoms with Crippen molar-refractivity contribution >= 4 is 11.8 Å². The summed E-state index contributed by atoms with van der Waals surface area (Å²) in [7, 11) is 0. The van der Waals surface area contributed by atoms with Crippen molar-refractivity contribution in [3.8, 4) is 11.8 Å². The molecule has 2 fully saturated rings. The molecule has 1 aromatic rings. The minimum Gasteiger partial charge on any atom is -0.508 e. The van der Waals surface area contributed by atoms with Crippen molar-refractivity contribution in [2.24, 2.45) is 22.7 Å². The number of benzene rings is 1. The smallest absolute Gasteiger partial charge is 0.118 e. The first-order valence-electron chi connectivity index (χ1n) is 9.63. The van der Waals surface area contributed by atoms with E-state index < -0.39 is 0 Å². The molecule has 1 aromatic carbocycles. The summed E-state index contributed by atoms with van der Waals surface area (Å²) >= 11 is 1.86. The molecule has 2 aliphatic carbocycles. The van der Waals surface area contributed by atoms with Crippen LogP contribution in [0.2, 0.25) is 0 Å². The van der Waals surface area contributed by atoms with Crippen LogP contribution in [0.1, 0.15) is 70.9 Å². The Balaban J connectivity index is 1.86. The van der Waals surface area contributed by atoms with E-state index in [9.17, 15) is 10.4 Å². The van der Waals surface area contributed by atoms with Crippen LogP contribution >= 0.6 is 11.8 Å². The van der Waals surface area contributed by atoms with Gasteiger partial charge in [-0.15, -0.1) is 11.8 Å². The third-order valence-electron chi connectivity index (χ3n) is 7.98. The second kappa shape index (κ2) is 5.43. The molecule has 4 rings (SSSR count). The van der Waals surface area contributed by atoms with Crippen LogP contribution in [-0.4, -0.2) is 10.9 Å². The molecule has 0 saturated heterocycles. The average Bonchev–Trinajstić information content (AvgIpc) is 2.52. The molecule has 3 heteroatoms. The van der Waals surface area contributed by atoms with E-state index in [0.717, 1.165) is 23.0 Å². The first-order valence-corrected chi connectivity index (χ1v) is 10.6. The van der Waals surface area contributed by atoms with E-state index in [2.05, 4.69) is 33.8 Å². The normalized spacial score (nSPS) is 38.8. The van der Waals surface area contributed by atoms with Crippen molar-refractivity contribution in [2.45, 2.75) is 70.1 Å². The van der Waals surface area contributed by atoms with E-state index in [4.69, 9.17) is 0 Å². The van der Waals surface area contributed by atoms with Gasteiger partial charge in [-0.05, 0) is 71.5 Å². The lowest BCUT2D eigenvalue weighted by atomic mass is 9.42. The molecule has 0 radical (unpaired) electrons. The fourth-order valence-electron chi connectivity index (χ4n) is 6.89. The molecular formula is C22H29NOS. The first-order chi connectivity index (χ1) is 11.7. The van der Waals surface area contributed by atoms with Crippen LogP contribution in [0.25, 0.3) is 0 Å². The summed E-state index contributed by atoms with van der Waals surface area (Å²) in [6.45, 7) is 9.89. The Kier molecular flexibility index (Phi) is 3.75. The molecule has 0 aromatic heterocycles. The highest BCUT2D eigenvalue weighted by atomic mass is 32.2. The third kappa shape index (κ3) is 2.29. The number of phenols is 1. The van der Waals surface area contributed by atoms with E-state index in [1.165, 1.54) is 31.2 Å². The lowest BCUT2D eigenvalue weighted by Gasteiger charge is -2.64. The minimum atomic E-state index is 0.0536. The number of fused-ring (bicyclic) bond motifs is 5. The molecule has 1 N–H and O–H groups in total. The van der Waals surface area contributed by atoms with Gasteiger partial charge in [-0.2, -0.15) is 5.26 Å². The number of hydrogen-bond acceptors (Lipinski definition) is 3. The Bertz CT molecular complexity index is 764. The van der Waals surface area contributed by atoms with E-state index in [-0.39, 0.29) is 11.2 Å². The first kappa shape index (κ1) is 17.3. The van der Waals surface area contributed by atoms with E-state index in [1.54, 1.807) is 6.07 Å². The average molecular weight is 356 g/mol. The molecule has 0 unspecified atom stereocenters. The van der Waals surface area contributed by atoms with Crippen LogP contribution in [0.15, 0.2) is 17.0 Å². The van der Waals surface area contributed by atoms with Crippen molar-refractivity contribution in [3.63, 3.8) is 0 Å². The molecule has 3 aliphatic rings. The topological polar surface area (TPSA) is 44.0 Å². The van der Waals surface area contributed by atoms with Crippen LogP contribution in [0.4, 0.5) is 0 Å². The molecule has 134 valence electrons. The number of hydrogen-bond donors (Lipinski definition) is 1. The number of thioether (sulfide) groups is 1. The Hall–Kier alpha value is -1.14. The standard InChI is InChI=1S/C22H29NOS/c1-20(2)7-5-8-21(3)17(20)6-9-22(4)18(21)13-25-16-11-15(24)10-14(12-23)19(16)22/h10-11,17-18,24H,5-9,13H2,1-4H3/t17-,18+,21-,22+/m0/s1. The number of rotatable bonds is 0. The van der Waals surface area contributed by atoms with E-state index in [0.29, 0.717) is 22.3 Å². The van der Waals surface area contributed by atoms with E-state index in [1.807, 2.05) is 17.8 Å². The molecule has 0 bridgehead atoms. The molecule has 4 atom stereocenters. The summed E-state index contributed by atoms with van der Waals surface area (Å²) in [5.74, 6) is 2.72. The maximum atomic E-state index is 10.0. The Morgan fingerprint density at radius 3 is 2.60 bits per heavy atom. The summed E-state index contributed by atoms with van der Waals surface area (Å²) < 4.78 is 0. The van der Waals surface area contributed by atoms with Crippen LogP contribution in [0.5, 0.6) is 5.75 Å². The molecule has 1 heterocycles. The van der Waals surface area contributed by atoms with Gasteiger partial charge in [-0.3, -0.25) is 0 Å². The zero-order valence-corrected chi connectivity index (χ0v) is 16.7. The van der Waals surface area contributed by atoms with Gasteiger partial charge in [0.15, 0.2) is 0 Å². The highest BCUT2D eigenvalue weighted by molar-refractivity contribution is 7.99. The van der Waals surface area contributed by atoms with Gasteiger partial charge in [0.05, 0.1) is 11.6 Å². The lowest BCUT2D eigenvalue weighted by molar-refractivity contribution is -0.0974. The second-order valence-electron chi connectivity index (χ2n) is 9.70. The Morgan fingerprint density at radius 2 is 1.88 bits per heavy atom. The van der Waals surface area contributed by atoms with E-state index >= 15 is 0 Å². The highest BCUT2D eigenvalue weighted by Crippen LogP contribution is 2.67. The quantitative estimate of drug-likeness (QED) is 0.633. The number of aromatic hydroxyl groups is 1. The van der Waals surface area contributed by atoms with Crippen LogP contribution < -0.4 is 0 Å². The predicted molar refractivity (Wildman–Crippen MR) is 103 cm³/mol. The van der Waals surface area contributed by atoms with Gasteiger partial charge in [-0.1, -0.05) is 34.1 Å². The summed E-state index contributed by atoms with van der Waals surface area (Å²) in [6, 6.07) is 5.93. The summed E-state index contributed by atoms with van der Waals surface area (Å²) in [6.07, 6.45) is 6.40. The summed E-state index contributed by atoms with van der Waals surface area (Å²) in [4.78, 5) is 1.13.